The van der Waals surface area contributed by atoms with Crippen molar-refractivity contribution in [3.8, 4) is 22.8 Å². The predicted molar refractivity (Wildman–Crippen MR) is 88.2 cm³/mol. The standard InChI is InChI=1S/C18H11F5N4O/c19-10-5-8(6-11(20)15(10)18(21,22)23)16-24-3-2-13(27-16)14-7-9-12(26-14)1-4-25-17(9)28/h2-3,5-7,26H,1,4H2,(H,25,28). The van der Waals surface area contributed by atoms with E-state index in [-0.39, 0.29) is 17.3 Å². The van der Waals surface area contributed by atoms with Gasteiger partial charge < -0.3 is 10.3 Å². The number of H-pyrrole nitrogens is 1. The summed E-state index contributed by atoms with van der Waals surface area (Å²) in [4.78, 5) is 23.0. The number of alkyl halides is 3. The van der Waals surface area contributed by atoms with E-state index in [9.17, 15) is 26.7 Å². The quantitative estimate of drug-likeness (QED) is 0.651. The van der Waals surface area contributed by atoms with E-state index in [1.165, 1.54) is 12.3 Å². The van der Waals surface area contributed by atoms with Gasteiger partial charge in [0, 0.05) is 30.4 Å². The van der Waals surface area contributed by atoms with Gasteiger partial charge in [0.25, 0.3) is 5.91 Å². The van der Waals surface area contributed by atoms with E-state index in [4.69, 9.17) is 0 Å². The molecule has 0 spiro atoms. The highest BCUT2D eigenvalue weighted by molar-refractivity contribution is 5.97. The molecule has 0 saturated carbocycles. The Kier molecular flexibility index (Phi) is 4.13. The molecule has 1 amide bonds. The van der Waals surface area contributed by atoms with Crippen molar-refractivity contribution in [2.75, 3.05) is 6.54 Å². The monoisotopic (exact) mass is 394 g/mol. The van der Waals surface area contributed by atoms with Crippen LogP contribution in [0.4, 0.5) is 22.0 Å². The molecule has 2 aromatic heterocycles. The number of hydrogen-bond acceptors (Lipinski definition) is 3. The van der Waals surface area contributed by atoms with Crippen molar-refractivity contribution in [2.24, 2.45) is 0 Å². The number of nitrogens with one attached hydrogen (secondary N) is 2. The first-order chi connectivity index (χ1) is 13.2. The fourth-order valence-corrected chi connectivity index (χ4v) is 3.05. The molecule has 2 N–H and O–H groups in total. The van der Waals surface area contributed by atoms with E-state index in [0.717, 1.165) is 5.69 Å². The maximum atomic E-state index is 13.8. The van der Waals surface area contributed by atoms with E-state index in [0.29, 0.717) is 42.0 Å². The lowest BCUT2D eigenvalue weighted by Crippen LogP contribution is -2.31. The smallest absolute Gasteiger partial charge is 0.356 e. The van der Waals surface area contributed by atoms with Crippen molar-refractivity contribution in [2.45, 2.75) is 12.6 Å². The number of aromatic nitrogens is 3. The van der Waals surface area contributed by atoms with Crippen LogP contribution in [-0.2, 0) is 12.6 Å². The van der Waals surface area contributed by atoms with Crippen LogP contribution in [0.2, 0.25) is 0 Å². The number of amides is 1. The second kappa shape index (κ2) is 6.39. The third kappa shape index (κ3) is 3.10. The minimum absolute atomic E-state index is 0.152. The summed E-state index contributed by atoms with van der Waals surface area (Å²) in [6.45, 7) is 0.491. The van der Waals surface area contributed by atoms with Gasteiger partial charge in [0.15, 0.2) is 5.82 Å². The van der Waals surface area contributed by atoms with E-state index in [1.54, 1.807) is 6.07 Å². The summed E-state index contributed by atoms with van der Waals surface area (Å²) >= 11 is 0. The number of aromatic amines is 1. The number of halogens is 5. The van der Waals surface area contributed by atoms with E-state index < -0.39 is 23.4 Å². The molecular formula is C18H11F5N4O. The molecule has 4 rings (SSSR count). The first-order valence-electron chi connectivity index (χ1n) is 8.14. The van der Waals surface area contributed by atoms with Crippen LogP contribution in [0.3, 0.4) is 0 Å². The summed E-state index contributed by atoms with van der Waals surface area (Å²) in [6, 6.07) is 4.18. The second-order valence-electron chi connectivity index (χ2n) is 6.16. The number of nitrogens with zero attached hydrogens (tertiary/aromatic N) is 2. The summed E-state index contributed by atoms with van der Waals surface area (Å²) in [7, 11) is 0. The molecule has 5 nitrogen and oxygen atoms in total. The molecular weight excluding hydrogens is 383 g/mol. The summed E-state index contributed by atoms with van der Waals surface area (Å²) in [5.41, 5.74) is -0.195. The first kappa shape index (κ1) is 18.1. The minimum Gasteiger partial charge on any atom is -0.356 e. The predicted octanol–water partition coefficient (Wildman–Crippen LogP) is 3.72. The highest BCUT2D eigenvalue weighted by Gasteiger charge is 2.38. The van der Waals surface area contributed by atoms with Crippen molar-refractivity contribution in [3.63, 3.8) is 0 Å². The van der Waals surface area contributed by atoms with E-state index in [1.807, 2.05) is 0 Å². The van der Waals surface area contributed by atoms with Crippen molar-refractivity contribution in [1.29, 1.82) is 0 Å². The first-order valence-corrected chi connectivity index (χ1v) is 8.14. The highest BCUT2D eigenvalue weighted by Crippen LogP contribution is 2.35. The van der Waals surface area contributed by atoms with Crippen molar-refractivity contribution in [1.82, 2.24) is 20.3 Å². The molecule has 1 aromatic carbocycles. The molecule has 0 fully saturated rings. The van der Waals surface area contributed by atoms with Crippen LogP contribution in [0.25, 0.3) is 22.8 Å². The summed E-state index contributed by atoms with van der Waals surface area (Å²) in [6.07, 6.45) is -3.24. The normalized spacial score (nSPS) is 14.0. The van der Waals surface area contributed by atoms with Crippen LogP contribution in [0.1, 0.15) is 21.6 Å². The maximum Gasteiger partial charge on any atom is 0.422 e. The van der Waals surface area contributed by atoms with Gasteiger partial charge in [0.1, 0.15) is 17.2 Å². The average Bonchev–Trinajstić information content (AvgIpc) is 3.06. The molecule has 144 valence electrons. The molecule has 0 saturated heterocycles. The summed E-state index contributed by atoms with van der Waals surface area (Å²) in [5, 5.41) is 2.70. The number of carbonyl (C=O) groups is 1. The lowest BCUT2D eigenvalue weighted by atomic mass is 10.1. The molecule has 28 heavy (non-hydrogen) atoms. The topological polar surface area (TPSA) is 70.7 Å². The molecule has 3 heterocycles. The van der Waals surface area contributed by atoms with Crippen LogP contribution in [-0.4, -0.2) is 27.4 Å². The van der Waals surface area contributed by atoms with Crippen molar-refractivity contribution in [3.05, 3.63) is 58.9 Å². The number of hydrogen-bond donors (Lipinski definition) is 2. The molecule has 0 atom stereocenters. The Morgan fingerprint density at radius 3 is 2.43 bits per heavy atom. The van der Waals surface area contributed by atoms with Crippen LogP contribution >= 0.6 is 0 Å². The van der Waals surface area contributed by atoms with Gasteiger partial charge in [-0.1, -0.05) is 0 Å². The summed E-state index contributed by atoms with van der Waals surface area (Å²) in [5.74, 6) is -3.88. The lowest BCUT2D eigenvalue weighted by molar-refractivity contribution is -0.142. The molecule has 0 unspecified atom stereocenters. The van der Waals surface area contributed by atoms with Gasteiger partial charge in [-0.2, -0.15) is 13.2 Å². The molecule has 0 bridgehead atoms. The minimum atomic E-state index is -5.15. The number of fused-ring (bicyclic) bond motifs is 1. The Hall–Kier alpha value is -3.30. The second-order valence-corrected chi connectivity index (χ2v) is 6.16. The van der Waals surface area contributed by atoms with Crippen molar-refractivity contribution < 1.29 is 26.7 Å². The molecule has 1 aliphatic rings. The highest BCUT2D eigenvalue weighted by atomic mass is 19.4. The van der Waals surface area contributed by atoms with Crippen LogP contribution in [0.5, 0.6) is 0 Å². The van der Waals surface area contributed by atoms with E-state index >= 15 is 0 Å². The van der Waals surface area contributed by atoms with Crippen LogP contribution in [0, 0.1) is 11.6 Å². The molecule has 0 radical (unpaired) electrons. The largest absolute Gasteiger partial charge is 0.422 e. The number of carbonyl (C=O) groups excluding carboxylic acids is 1. The van der Waals surface area contributed by atoms with Gasteiger partial charge in [-0.3, -0.25) is 4.79 Å². The maximum absolute atomic E-state index is 13.8. The Morgan fingerprint density at radius 2 is 1.79 bits per heavy atom. The summed E-state index contributed by atoms with van der Waals surface area (Å²) < 4.78 is 65.9. The third-order valence-electron chi connectivity index (χ3n) is 4.32. The van der Waals surface area contributed by atoms with Gasteiger partial charge in [-0.15, -0.1) is 0 Å². The molecule has 1 aliphatic heterocycles. The third-order valence-corrected chi connectivity index (χ3v) is 4.32. The van der Waals surface area contributed by atoms with Crippen LogP contribution in [0.15, 0.2) is 30.5 Å². The Bertz CT molecular complexity index is 1070. The van der Waals surface area contributed by atoms with Crippen molar-refractivity contribution >= 4 is 5.91 Å². The Morgan fingerprint density at radius 1 is 1.07 bits per heavy atom. The van der Waals surface area contributed by atoms with Gasteiger partial charge in [0.2, 0.25) is 0 Å². The average molecular weight is 394 g/mol. The number of benzene rings is 1. The Labute approximate surface area is 154 Å². The Balaban J connectivity index is 1.75. The lowest BCUT2D eigenvalue weighted by Gasteiger charge is -2.11. The molecule has 10 heteroatoms. The zero-order valence-corrected chi connectivity index (χ0v) is 14.0. The zero-order chi connectivity index (χ0) is 20.1. The van der Waals surface area contributed by atoms with Gasteiger partial charge >= 0.3 is 6.18 Å². The fraction of sp³-hybridized carbons (Fsp3) is 0.167. The van der Waals surface area contributed by atoms with Gasteiger partial charge in [0.05, 0.1) is 17.0 Å². The van der Waals surface area contributed by atoms with Crippen LogP contribution < -0.4 is 5.32 Å². The molecule has 0 aliphatic carbocycles. The zero-order valence-electron chi connectivity index (χ0n) is 14.0. The number of rotatable bonds is 2. The van der Waals surface area contributed by atoms with Gasteiger partial charge in [-0.25, -0.2) is 18.7 Å². The fourth-order valence-electron chi connectivity index (χ4n) is 3.05. The van der Waals surface area contributed by atoms with Gasteiger partial charge in [-0.05, 0) is 24.3 Å². The van der Waals surface area contributed by atoms with E-state index in [2.05, 4.69) is 20.3 Å². The molecule has 3 aromatic rings. The SMILES string of the molecule is O=C1NCCc2[nH]c(-c3ccnc(-c4cc(F)c(C(F)(F)F)c(F)c4)n3)cc21.